The van der Waals surface area contributed by atoms with Crippen molar-refractivity contribution in [3.8, 4) is 11.1 Å². The third-order valence-electron chi connectivity index (χ3n) is 6.79. The maximum atomic E-state index is 6.63. The zero-order valence-electron chi connectivity index (χ0n) is 21.7. The van der Waals surface area contributed by atoms with Crippen LogP contribution in [0.1, 0.15) is 0 Å². The van der Waals surface area contributed by atoms with E-state index in [1.54, 1.807) is 0 Å². The number of nitrogens with zero attached hydrogens (tertiary/aromatic N) is 2. The molecule has 0 spiro atoms. The lowest BCUT2D eigenvalue weighted by molar-refractivity contribution is 1.28. The summed E-state index contributed by atoms with van der Waals surface area (Å²) in [6.07, 6.45) is 0. The standard InChI is InChI=1S/C36H26Cl2N2/c37-29-19-25-33(26-20-29)39(30-9-3-1-4-10-30)32-21-15-27(16-22-32)28-17-23-34(24-18-28)40(31-11-5-2-6-12-31)36-14-8-7-13-35(36)38/h1-26H. The van der Waals surface area contributed by atoms with Crippen molar-refractivity contribution in [2.45, 2.75) is 0 Å². The van der Waals surface area contributed by atoms with Crippen molar-refractivity contribution in [1.82, 2.24) is 0 Å². The summed E-state index contributed by atoms with van der Waals surface area (Å²) in [5, 5.41) is 1.42. The molecule has 0 unspecified atom stereocenters. The van der Waals surface area contributed by atoms with Crippen LogP contribution in [0.3, 0.4) is 0 Å². The van der Waals surface area contributed by atoms with Gasteiger partial charge in [-0.15, -0.1) is 0 Å². The predicted octanol–water partition coefficient (Wildman–Crippen LogP) is 11.6. The maximum Gasteiger partial charge on any atom is 0.0647 e. The lowest BCUT2D eigenvalue weighted by Gasteiger charge is -2.26. The van der Waals surface area contributed by atoms with Crippen molar-refractivity contribution in [3.05, 3.63) is 168 Å². The lowest BCUT2D eigenvalue weighted by atomic mass is 10.0. The molecule has 0 aliphatic rings. The van der Waals surface area contributed by atoms with Gasteiger partial charge in [-0.05, 0) is 96.1 Å². The highest BCUT2D eigenvalue weighted by molar-refractivity contribution is 6.33. The van der Waals surface area contributed by atoms with Gasteiger partial charge in [0, 0.05) is 33.5 Å². The minimum atomic E-state index is 0.703. The molecule has 4 heteroatoms. The topological polar surface area (TPSA) is 6.48 Å². The molecule has 0 amide bonds. The molecular formula is C36H26Cl2N2. The molecule has 40 heavy (non-hydrogen) atoms. The van der Waals surface area contributed by atoms with Gasteiger partial charge in [0.15, 0.2) is 0 Å². The molecule has 0 aliphatic heterocycles. The average Bonchev–Trinajstić information content (AvgIpc) is 3.01. The average molecular weight is 558 g/mol. The van der Waals surface area contributed by atoms with E-state index in [0.29, 0.717) is 5.02 Å². The molecule has 0 aromatic heterocycles. The Labute approximate surface area is 245 Å². The van der Waals surface area contributed by atoms with Crippen LogP contribution in [0, 0.1) is 0 Å². The fourth-order valence-electron chi connectivity index (χ4n) is 4.86. The minimum Gasteiger partial charge on any atom is -0.311 e. The third kappa shape index (κ3) is 5.46. The Bertz CT molecular complexity index is 1680. The summed E-state index contributed by atoms with van der Waals surface area (Å²) in [6, 6.07) is 53.7. The van der Waals surface area contributed by atoms with E-state index in [4.69, 9.17) is 23.2 Å². The van der Waals surface area contributed by atoms with Gasteiger partial charge < -0.3 is 9.80 Å². The van der Waals surface area contributed by atoms with Crippen molar-refractivity contribution in [3.63, 3.8) is 0 Å². The molecule has 2 nitrogen and oxygen atoms in total. The van der Waals surface area contributed by atoms with Crippen LogP contribution < -0.4 is 9.80 Å². The maximum absolute atomic E-state index is 6.63. The molecule has 0 N–H and O–H groups in total. The Morgan fingerprint density at radius 1 is 0.325 bits per heavy atom. The second-order valence-corrected chi connectivity index (χ2v) is 10.2. The molecule has 6 aromatic carbocycles. The molecular weight excluding hydrogens is 531 g/mol. The quantitative estimate of drug-likeness (QED) is 0.193. The van der Waals surface area contributed by atoms with Gasteiger partial charge in [0.25, 0.3) is 0 Å². The number of hydrogen-bond donors (Lipinski definition) is 0. The molecule has 0 saturated heterocycles. The Morgan fingerprint density at radius 3 is 1.20 bits per heavy atom. The smallest absolute Gasteiger partial charge is 0.0647 e. The van der Waals surface area contributed by atoms with Crippen LogP contribution in [0.2, 0.25) is 10.0 Å². The Kier molecular flexibility index (Phi) is 7.54. The summed E-state index contributed by atoms with van der Waals surface area (Å²) in [6.45, 7) is 0. The van der Waals surface area contributed by atoms with Crippen molar-refractivity contribution >= 4 is 57.3 Å². The van der Waals surface area contributed by atoms with E-state index in [1.165, 1.54) is 0 Å². The molecule has 0 fully saturated rings. The van der Waals surface area contributed by atoms with Gasteiger partial charge in [0.1, 0.15) is 0 Å². The predicted molar refractivity (Wildman–Crippen MR) is 171 cm³/mol. The summed E-state index contributed by atoms with van der Waals surface area (Å²) >= 11 is 12.8. The third-order valence-corrected chi connectivity index (χ3v) is 7.36. The first-order valence-electron chi connectivity index (χ1n) is 13.1. The van der Waals surface area contributed by atoms with Crippen LogP contribution in [0.15, 0.2) is 158 Å². The van der Waals surface area contributed by atoms with Crippen LogP contribution in [0.4, 0.5) is 34.1 Å². The number of para-hydroxylation sites is 3. The molecule has 0 atom stereocenters. The van der Waals surface area contributed by atoms with E-state index < -0.39 is 0 Å². The molecule has 6 aromatic rings. The van der Waals surface area contributed by atoms with E-state index in [-0.39, 0.29) is 0 Å². The number of halogens is 2. The summed E-state index contributed by atoms with van der Waals surface area (Å²) in [5.74, 6) is 0. The van der Waals surface area contributed by atoms with E-state index in [0.717, 1.165) is 50.3 Å². The van der Waals surface area contributed by atoms with Crippen molar-refractivity contribution in [2.24, 2.45) is 0 Å². The van der Waals surface area contributed by atoms with Crippen molar-refractivity contribution in [1.29, 1.82) is 0 Å². The second-order valence-electron chi connectivity index (χ2n) is 9.36. The Balaban J connectivity index is 1.32. The fourth-order valence-corrected chi connectivity index (χ4v) is 5.20. The summed E-state index contributed by atoms with van der Waals surface area (Å²) in [5.41, 5.74) is 8.52. The van der Waals surface area contributed by atoms with Gasteiger partial charge in [0.05, 0.1) is 10.7 Å². The fraction of sp³-hybridized carbons (Fsp3) is 0. The van der Waals surface area contributed by atoms with Crippen molar-refractivity contribution in [2.75, 3.05) is 9.80 Å². The molecule has 194 valence electrons. The van der Waals surface area contributed by atoms with Gasteiger partial charge in [0.2, 0.25) is 0 Å². The highest BCUT2D eigenvalue weighted by atomic mass is 35.5. The van der Waals surface area contributed by atoms with Crippen LogP contribution >= 0.6 is 23.2 Å². The monoisotopic (exact) mass is 556 g/mol. The number of benzene rings is 6. The van der Waals surface area contributed by atoms with Gasteiger partial charge in [-0.3, -0.25) is 0 Å². The molecule has 0 radical (unpaired) electrons. The molecule has 0 saturated carbocycles. The van der Waals surface area contributed by atoms with Crippen LogP contribution in [0.5, 0.6) is 0 Å². The number of anilines is 6. The van der Waals surface area contributed by atoms with E-state index >= 15 is 0 Å². The lowest BCUT2D eigenvalue weighted by Crippen LogP contribution is -2.10. The Morgan fingerprint density at radius 2 is 0.700 bits per heavy atom. The van der Waals surface area contributed by atoms with E-state index in [1.807, 2.05) is 72.8 Å². The van der Waals surface area contributed by atoms with Gasteiger partial charge >= 0.3 is 0 Å². The number of rotatable bonds is 7. The second kappa shape index (κ2) is 11.7. The largest absolute Gasteiger partial charge is 0.311 e. The summed E-state index contributed by atoms with van der Waals surface area (Å²) in [4.78, 5) is 4.41. The minimum absolute atomic E-state index is 0.703. The van der Waals surface area contributed by atoms with Gasteiger partial charge in [-0.2, -0.15) is 0 Å². The van der Waals surface area contributed by atoms with E-state index in [9.17, 15) is 0 Å². The highest BCUT2D eigenvalue weighted by Crippen LogP contribution is 2.40. The summed E-state index contributed by atoms with van der Waals surface area (Å²) in [7, 11) is 0. The molecule has 0 bridgehead atoms. The zero-order chi connectivity index (χ0) is 27.3. The van der Waals surface area contributed by atoms with Crippen molar-refractivity contribution < 1.29 is 0 Å². The van der Waals surface area contributed by atoms with Crippen LogP contribution in [0.25, 0.3) is 11.1 Å². The first kappa shape index (κ1) is 25.8. The SMILES string of the molecule is Clc1ccc(N(c2ccccc2)c2ccc(-c3ccc(N(c4ccccc4)c4ccccc4Cl)cc3)cc2)cc1. The zero-order valence-corrected chi connectivity index (χ0v) is 23.2. The van der Waals surface area contributed by atoms with Gasteiger partial charge in [-0.25, -0.2) is 0 Å². The van der Waals surface area contributed by atoms with Gasteiger partial charge in [-0.1, -0.05) is 96.0 Å². The first-order valence-corrected chi connectivity index (χ1v) is 13.8. The Hall–Kier alpha value is -4.50. The van der Waals surface area contributed by atoms with E-state index in [2.05, 4.69) is 94.7 Å². The molecule has 0 heterocycles. The molecule has 0 aliphatic carbocycles. The number of hydrogen-bond acceptors (Lipinski definition) is 2. The van der Waals surface area contributed by atoms with Crippen LogP contribution in [-0.4, -0.2) is 0 Å². The normalized spacial score (nSPS) is 10.8. The first-order chi connectivity index (χ1) is 19.7. The van der Waals surface area contributed by atoms with Crippen LogP contribution in [-0.2, 0) is 0 Å². The summed E-state index contributed by atoms with van der Waals surface area (Å²) < 4.78 is 0. The highest BCUT2D eigenvalue weighted by Gasteiger charge is 2.16. The molecule has 6 rings (SSSR count).